The zero-order chi connectivity index (χ0) is 19.8. The molecule has 3 heterocycles. The van der Waals surface area contributed by atoms with Crippen molar-refractivity contribution in [1.82, 2.24) is 24.7 Å². The molecule has 3 N–H and O–H groups in total. The van der Waals surface area contributed by atoms with Crippen molar-refractivity contribution in [3.8, 4) is 0 Å². The van der Waals surface area contributed by atoms with Gasteiger partial charge in [-0.2, -0.15) is 5.10 Å². The molecule has 0 radical (unpaired) electrons. The van der Waals surface area contributed by atoms with Crippen LogP contribution in [0.2, 0.25) is 0 Å². The highest BCUT2D eigenvalue weighted by Gasteiger charge is 2.12. The molecule has 0 aliphatic heterocycles. The number of rotatable bonds is 4. The summed E-state index contributed by atoms with van der Waals surface area (Å²) in [5.74, 6) is -0.285. The lowest BCUT2D eigenvalue weighted by molar-refractivity contribution is 0.102. The van der Waals surface area contributed by atoms with Crippen molar-refractivity contribution in [3.05, 3.63) is 88.6 Å². The molecule has 1 amide bonds. The number of hydrogen-bond donors (Lipinski definition) is 3. The Kier molecular flexibility index (Phi) is 3.94. The second kappa shape index (κ2) is 6.75. The minimum absolute atomic E-state index is 0.285. The normalized spacial score (nSPS) is 11.2. The molecule has 5 rings (SSSR count). The first-order chi connectivity index (χ1) is 14.2. The summed E-state index contributed by atoms with van der Waals surface area (Å²) >= 11 is 0. The molecular formula is C21H16N6O2. The average molecular weight is 384 g/mol. The molecule has 3 aromatic heterocycles. The van der Waals surface area contributed by atoms with Crippen molar-refractivity contribution in [3.63, 3.8) is 0 Å². The van der Waals surface area contributed by atoms with Gasteiger partial charge in [-0.1, -0.05) is 30.3 Å². The van der Waals surface area contributed by atoms with Gasteiger partial charge < -0.3 is 15.3 Å². The molecule has 0 saturated carbocycles. The molecule has 29 heavy (non-hydrogen) atoms. The van der Waals surface area contributed by atoms with Gasteiger partial charge in [-0.15, -0.1) is 0 Å². The van der Waals surface area contributed by atoms with E-state index in [1.165, 1.54) is 6.20 Å². The number of nitrogens with one attached hydrogen (secondary N) is 3. The third-order valence-corrected chi connectivity index (χ3v) is 4.69. The second-order valence-corrected chi connectivity index (χ2v) is 6.72. The Bertz CT molecular complexity index is 1400. The third kappa shape index (κ3) is 3.27. The average Bonchev–Trinajstić information content (AvgIpc) is 3.30. The molecule has 0 aliphatic rings. The predicted molar refractivity (Wildman–Crippen MR) is 110 cm³/mol. The van der Waals surface area contributed by atoms with Gasteiger partial charge in [-0.3, -0.25) is 4.79 Å². The predicted octanol–water partition coefficient (Wildman–Crippen LogP) is 2.90. The Morgan fingerprint density at radius 1 is 1.00 bits per heavy atom. The number of fused-ring (bicyclic) bond motifs is 2. The summed E-state index contributed by atoms with van der Waals surface area (Å²) in [7, 11) is 0. The fourth-order valence-electron chi connectivity index (χ4n) is 3.28. The molecular weight excluding hydrogens is 368 g/mol. The first-order valence-corrected chi connectivity index (χ1v) is 9.05. The lowest BCUT2D eigenvalue weighted by atomic mass is 10.2. The van der Waals surface area contributed by atoms with Crippen LogP contribution in [0.5, 0.6) is 0 Å². The van der Waals surface area contributed by atoms with E-state index in [2.05, 4.69) is 25.4 Å². The van der Waals surface area contributed by atoms with Gasteiger partial charge in [0, 0.05) is 17.3 Å². The van der Waals surface area contributed by atoms with Crippen molar-refractivity contribution in [2.45, 2.75) is 6.54 Å². The molecule has 5 aromatic rings. The Morgan fingerprint density at radius 2 is 1.83 bits per heavy atom. The lowest BCUT2D eigenvalue weighted by Gasteiger charge is -2.06. The number of amides is 1. The van der Waals surface area contributed by atoms with Crippen LogP contribution < -0.4 is 11.0 Å². The van der Waals surface area contributed by atoms with Crippen LogP contribution >= 0.6 is 0 Å². The zero-order valence-electron chi connectivity index (χ0n) is 15.2. The number of carbonyl (C=O) groups is 1. The fourth-order valence-corrected chi connectivity index (χ4v) is 3.28. The minimum Gasteiger partial charge on any atom is -0.322 e. The number of nitrogens with zero attached hydrogens (tertiary/aromatic N) is 3. The number of hydrogen-bond acceptors (Lipinski definition) is 4. The van der Waals surface area contributed by atoms with E-state index < -0.39 is 0 Å². The highest BCUT2D eigenvalue weighted by Crippen LogP contribution is 2.18. The first-order valence-electron chi connectivity index (χ1n) is 9.05. The van der Waals surface area contributed by atoms with Crippen molar-refractivity contribution >= 4 is 33.7 Å². The van der Waals surface area contributed by atoms with E-state index >= 15 is 0 Å². The van der Waals surface area contributed by atoms with Gasteiger partial charge in [0.2, 0.25) is 0 Å². The molecule has 2 aromatic carbocycles. The van der Waals surface area contributed by atoms with Crippen LogP contribution in [-0.4, -0.2) is 30.6 Å². The maximum absolute atomic E-state index is 12.6. The quantitative estimate of drug-likeness (QED) is 0.443. The maximum Gasteiger partial charge on any atom is 0.323 e. The molecule has 142 valence electrons. The van der Waals surface area contributed by atoms with Gasteiger partial charge in [0.05, 0.1) is 29.3 Å². The fraction of sp³-hybridized carbons (Fsp3) is 0.0476. The van der Waals surface area contributed by atoms with Crippen molar-refractivity contribution in [1.29, 1.82) is 0 Å². The van der Waals surface area contributed by atoms with Crippen LogP contribution in [0.15, 0.2) is 71.8 Å². The first kappa shape index (κ1) is 16.9. The van der Waals surface area contributed by atoms with Crippen LogP contribution in [0.25, 0.3) is 22.1 Å². The van der Waals surface area contributed by atoms with Gasteiger partial charge in [0.1, 0.15) is 0 Å². The van der Waals surface area contributed by atoms with E-state index in [1.807, 2.05) is 35.0 Å². The molecule has 0 atom stereocenters. The molecule has 8 nitrogen and oxygen atoms in total. The molecule has 0 unspecified atom stereocenters. The maximum atomic E-state index is 12.6. The standard InChI is InChI=1S/C21H16N6O2/c28-20(24-16-6-7-17-18(9-16)26-21(29)25-17)15-8-14-11-23-27(19(14)22-10-15)12-13-4-2-1-3-5-13/h1-11H,12H2,(H,24,28)(H2,25,26,29). The largest absolute Gasteiger partial charge is 0.323 e. The number of benzene rings is 2. The Balaban J connectivity index is 1.39. The molecule has 0 fully saturated rings. The topological polar surface area (TPSA) is 108 Å². The summed E-state index contributed by atoms with van der Waals surface area (Å²) in [5, 5.41) is 8.02. The van der Waals surface area contributed by atoms with Crippen LogP contribution in [0, 0.1) is 0 Å². The van der Waals surface area contributed by atoms with Crippen molar-refractivity contribution < 1.29 is 4.79 Å². The molecule has 0 aliphatic carbocycles. The molecule has 0 saturated heterocycles. The summed E-state index contributed by atoms with van der Waals surface area (Å²) in [6.07, 6.45) is 3.25. The van der Waals surface area contributed by atoms with Gasteiger partial charge in [-0.25, -0.2) is 14.5 Å². The smallest absolute Gasteiger partial charge is 0.322 e. The molecule has 8 heteroatoms. The number of imidazole rings is 1. The highest BCUT2D eigenvalue weighted by atomic mass is 16.2. The van der Waals surface area contributed by atoms with Crippen LogP contribution in [-0.2, 0) is 6.54 Å². The van der Waals surface area contributed by atoms with E-state index in [1.54, 1.807) is 30.5 Å². The Labute approximate surface area is 164 Å². The highest BCUT2D eigenvalue weighted by molar-refractivity contribution is 6.06. The van der Waals surface area contributed by atoms with Gasteiger partial charge in [0.15, 0.2) is 5.65 Å². The Hall–Kier alpha value is -4.20. The van der Waals surface area contributed by atoms with E-state index in [-0.39, 0.29) is 11.6 Å². The lowest BCUT2D eigenvalue weighted by Crippen LogP contribution is -2.12. The van der Waals surface area contributed by atoms with Gasteiger partial charge in [0.25, 0.3) is 5.91 Å². The number of aromatic amines is 2. The SMILES string of the molecule is O=C(Nc1ccc2[nH]c(=O)[nH]c2c1)c1cnc2c(cnn2Cc2ccccc2)c1. The minimum atomic E-state index is -0.286. The summed E-state index contributed by atoms with van der Waals surface area (Å²) in [5.41, 5.74) is 3.88. The van der Waals surface area contributed by atoms with Crippen molar-refractivity contribution in [2.24, 2.45) is 0 Å². The van der Waals surface area contributed by atoms with Crippen LogP contribution in [0.4, 0.5) is 5.69 Å². The van der Waals surface area contributed by atoms with E-state index in [9.17, 15) is 9.59 Å². The number of carbonyl (C=O) groups excluding carboxylic acids is 1. The van der Waals surface area contributed by atoms with E-state index in [4.69, 9.17) is 0 Å². The summed E-state index contributed by atoms with van der Waals surface area (Å²) in [6, 6.07) is 16.9. The number of pyridine rings is 1. The monoisotopic (exact) mass is 384 g/mol. The van der Waals surface area contributed by atoms with Gasteiger partial charge in [-0.05, 0) is 29.8 Å². The van der Waals surface area contributed by atoms with Gasteiger partial charge >= 0.3 is 5.69 Å². The summed E-state index contributed by atoms with van der Waals surface area (Å²) in [4.78, 5) is 33.8. The summed E-state index contributed by atoms with van der Waals surface area (Å²) < 4.78 is 1.81. The molecule has 0 spiro atoms. The van der Waals surface area contributed by atoms with Crippen LogP contribution in [0.3, 0.4) is 0 Å². The van der Waals surface area contributed by atoms with E-state index in [0.29, 0.717) is 28.8 Å². The summed E-state index contributed by atoms with van der Waals surface area (Å²) in [6.45, 7) is 0.609. The second-order valence-electron chi connectivity index (χ2n) is 6.72. The third-order valence-electron chi connectivity index (χ3n) is 4.69. The molecule has 0 bridgehead atoms. The van der Waals surface area contributed by atoms with E-state index in [0.717, 1.165) is 16.6 Å². The van der Waals surface area contributed by atoms with Crippen molar-refractivity contribution in [2.75, 3.05) is 5.32 Å². The number of aromatic nitrogens is 5. The number of H-pyrrole nitrogens is 2. The zero-order valence-corrected chi connectivity index (χ0v) is 15.2. The number of anilines is 1. The Morgan fingerprint density at radius 3 is 2.69 bits per heavy atom. The van der Waals surface area contributed by atoms with Crippen LogP contribution in [0.1, 0.15) is 15.9 Å².